The number of thioether (sulfide) groups is 1. The zero-order chi connectivity index (χ0) is 21.1. The van der Waals surface area contributed by atoms with Gasteiger partial charge in [0.2, 0.25) is 5.82 Å². The summed E-state index contributed by atoms with van der Waals surface area (Å²) in [5, 5.41) is 9.03. The van der Waals surface area contributed by atoms with Gasteiger partial charge in [-0.3, -0.25) is 9.36 Å². The van der Waals surface area contributed by atoms with E-state index in [9.17, 15) is 9.59 Å². The highest BCUT2D eigenvalue weighted by atomic mass is 32.2. The first kappa shape index (κ1) is 20.7. The number of allylic oxidation sites excluding steroid dienone is 1. The molecule has 0 aliphatic heterocycles. The molecule has 0 fully saturated rings. The Bertz CT molecular complexity index is 1080. The maximum Gasteiger partial charge on any atom is 0.339 e. The van der Waals surface area contributed by atoms with Crippen LogP contribution < -0.4 is 0 Å². The van der Waals surface area contributed by atoms with Crippen LogP contribution in [0, 0.1) is 20.8 Å². The fraction of sp³-hybridized carbons (Fsp3) is 0.300. The van der Waals surface area contributed by atoms with Gasteiger partial charge in [0.25, 0.3) is 0 Å². The minimum Gasteiger partial charge on any atom is -0.465 e. The summed E-state index contributed by atoms with van der Waals surface area (Å²) >= 11 is 1.27. The van der Waals surface area contributed by atoms with Crippen molar-refractivity contribution in [1.82, 2.24) is 19.7 Å². The van der Waals surface area contributed by atoms with Gasteiger partial charge in [0.15, 0.2) is 16.7 Å². The number of H-pyrrole nitrogens is 1. The molecule has 0 spiro atoms. The van der Waals surface area contributed by atoms with E-state index < -0.39 is 5.97 Å². The van der Waals surface area contributed by atoms with Gasteiger partial charge >= 0.3 is 5.97 Å². The molecule has 0 radical (unpaired) electrons. The van der Waals surface area contributed by atoms with Crippen LogP contribution in [0.1, 0.15) is 37.7 Å². The molecular weight excluding hydrogens is 392 g/mol. The van der Waals surface area contributed by atoms with Crippen molar-refractivity contribution in [2.75, 3.05) is 12.9 Å². The number of aryl methyl sites for hydroxylation is 2. The molecule has 0 saturated heterocycles. The number of carbonyl (C=O) groups is 2. The zero-order valence-electron chi connectivity index (χ0n) is 16.7. The lowest BCUT2D eigenvalue weighted by molar-refractivity contribution is 0.0599. The maximum absolute atomic E-state index is 12.8. The van der Waals surface area contributed by atoms with Gasteiger partial charge in [-0.1, -0.05) is 17.8 Å². The number of nitrogens with one attached hydrogen (secondary N) is 1. The summed E-state index contributed by atoms with van der Waals surface area (Å²) < 4.78 is 12.2. The molecule has 0 aromatic carbocycles. The van der Waals surface area contributed by atoms with Crippen LogP contribution in [0.4, 0.5) is 0 Å². The van der Waals surface area contributed by atoms with Gasteiger partial charge in [0.1, 0.15) is 0 Å². The number of hydrogen-bond donors (Lipinski definition) is 1. The van der Waals surface area contributed by atoms with Gasteiger partial charge in [-0.05, 0) is 38.0 Å². The number of esters is 1. The summed E-state index contributed by atoms with van der Waals surface area (Å²) in [5.41, 5.74) is 2.93. The number of nitrogens with zero attached hydrogens (tertiary/aromatic N) is 3. The predicted octanol–water partition coefficient (Wildman–Crippen LogP) is 3.74. The first-order chi connectivity index (χ1) is 13.9. The van der Waals surface area contributed by atoms with Crippen LogP contribution in [-0.4, -0.2) is 44.4 Å². The van der Waals surface area contributed by atoms with Crippen LogP contribution in [0.5, 0.6) is 0 Å². The Kier molecular flexibility index (Phi) is 6.07. The van der Waals surface area contributed by atoms with Crippen molar-refractivity contribution in [1.29, 1.82) is 0 Å². The number of aromatic nitrogens is 4. The van der Waals surface area contributed by atoms with E-state index >= 15 is 0 Å². The smallest absolute Gasteiger partial charge is 0.339 e. The summed E-state index contributed by atoms with van der Waals surface area (Å²) in [6.45, 7) is 9.65. The average molecular weight is 414 g/mol. The third kappa shape index (κ3) is 3.91. The highest BCUT2D eigenvalue weighted by molar-refractivity contribution is 7.99. The van der Waals surface area contributed by atoms with Crippen molar-refractivity contribution in [3.63, 3.8) is 0 Å². The van der Waals surface area contributed by atoms with E-state index in [0.717, 1.165) is 5.56 Å². The van der Waals surface area contributed by atoms with Gasteiger partial charge in [-0.25, -0.2) is 4.79 Å². The first-order valence-electron chi connectivity index (χ1n) is 8.91. The minimum atomic E-state index is -0.466. The van der Waals surface area contributed by atoms with E-state index in [2.05, 4.69) is 21.8 Å². The van der Waals surface area contributed by atoms with E-state index in [0.29, 0.717) is 45.8 Å². The molecule has 152 valence electrons. The largest absolute Gasteiger partial charge is 0.465 e. The Balaban J connectivity index is 1.83. The van der Waals surface area contributed by atoms with Crippen molar-refractivity contribution >= 4 is 23.5 Å². The van der Waals surface area contributed by atoms with Crippen molar-refractivity contribution in [2.24, 2.45) is 0 Å². The van der Waals surface area contributed by atoms with Crippen molar-refractivity contribution in [2.45, 2.75) is 32.5 Å². The molecule has 3 aromatic heterocycles. The summed E-state index contributed by atoms with van der Waals surface area (Å²) in [6.07, 6.45) is 3.33. The number of methoxy groups -OCH3 is 1. The van der Waals surface area contributed by atoms with Crippen LogP contribution in [0.25, 0.3) is 11.6 Å². The Morgan fingerprint density at radius 2 is 2.10 bits per heavy atom. The number of ether oxygens (including phenoxy) is 1. The number of furan rings is 1. The van der Waals surface area contributed by atoms with Crippen molar-refractivity contribution in [3.05, 3.63) is 53.1 Å². The number of rotatable bonds is 8. The van der Waals surface area contributed by atoms with Crippen molar-refractivity contribution < 1.29 is 18.7 Å². The third-order valence-corrected chi connectivity index (χ3v) is 5.50. The topological polar surface area (TPSA) is 103 Å². The molecule has 29 heavy (non-hydrogen) atoms. The lowest BCUT2D eigenvalue weighted by Crippen LogP contribution is -2.08. The number of Topliss-reactive ketones (excluding diaryl/α,β-unsaturated/α-hetero) is 1. The Morgan fingerprint density at radius 1 is 1.34 bits per heavy atom. The highest BCUT2D eigenvalue weighted by Gasteiger charge is 2.24. The molecule has 0 amide bonds. The second-order valence-corrected chi connectivity index (χ2v) is 7.41. The van der Waals surface area contributed by atoms with Crippen molar-refractivity contribution in [3.8, 4) is 11.6 Å². The molecule has 0 saturated carbocycles. The number of aromatic amines is 1. The molecule has 3 rings (SSSR count). The Hall–Kier alpha value is -3.07. The molecule has 0 aliphatic rings. The maximum atomic E-state index is 12.8. The second-order valence-electron chi connectivity index (χ2n) is 6.47. The second kappa shape index (κ2) is 8.52. The molecule has 0 aliphatic carbocycles. The Labute approximate surface area is 172 Å². The quantitative estimate of drug-likeness (QED) is 0.259. The zero-order valence-corrected chi connectivity index (χ0v) is 17.6. The number of ketones is 1. The van der Waals surface area contributed by atoms with Gasteiger partial charge in [0, 0.05) is 12.2 Å². The SMILES string of the molecule is C=CCn1c(SCC(=O)c2[nH]c(C)c(C(=O)OC)c2C)nnc1-c1occc1C. The van der Waals surface area contributed by atoms with Gasteiger partial charge in [-0.15, -0.1) is 16.8 Å². The van der Waals surface area contributed by atoms with Gasteiger partial charge in [0.05, 0.1) is 30.4 Å². The monoisotopic (exact) mass is 414 g/mol. The predicted molar refractivity (Wildman–Crippen MR) is 109 cm³/mol. The van der Waals surface area contributed by atoms with Crippen LogP contribution in [-0.2, 0) is 11.3 Å². The standard InChI is InChI=1S/C20H22N4O4S/c1-6-8-24-18(17-11(2)7-9-28-17)22-23-20(24)29-10-14(25)16-12(3)15(13(4)21-16)19(26)27-5/h6-7,9,21H,1,8,10H2,2-5H3. The molecule has 9 heteroatoms. The van der Waals surface area contributed by atoms with Crippen LogP contribution in [0.15, 0.2) is 34.6 Å². The van der Waals surface area contributed by atoms with E-state index in [-0.39, 0.29) is 11.5 Å². The number of carbonyl (C=O) groups excluding carboxylic acids is 2. The number of hydrogen-bond acceptors (Lipinski definition) is 7. The average Bonchev–Trinajstić information content (AvgIpc) is 3.37. The minimum absolute atomic E-state index is 0.133. The lowest BCUT2D eigenvalue weighted by atomic mass is 10.1. The molecule has 1 N–H and O–H groups in total. The molecule has 0 bridgehead atoms. The first-order valence-corrected chi connectivity index (χ1v) is 9.89. The molecule has 0 unspecified atom stereocenters. The summed E-state index contributed by atoms with van der Waals surface area (Å²) in [6, 6.07) is 1.86. The fourth-order valence-electron chi connectivity index (χ4n) is 3.10. The summed E-state index contributed by atoms with van der Waals surface area (Å²) in [4.78, 5) is 27.7. The summed E-state index contributed by atoms with van der Waals surface area (Å²) in [5.74, 6) is 0.744. The van der Waals surface area contributed by atoms with E-state index in [1.54, 1.807) is 26.2 Å². The third-order valence-electron chi connectivity index (χ3n) is 4.53. The molecule has 3 heterocycles. The summed E-state index contributed by atoms with van der Waals surface area (Å²) in [7, 11) is 1.32. The lowest BCUT2D eigenvalue weighted by Gasteiger charge is -2.06. The van der Waals surface area contributed by atoms with Gasteiger partial charge in [-0.2, -0.15) is 0 Å². The Morgan fingerprint density at radius 3 is 2.72 bits per heavy atom. The molecular formula is C20H22N4O4S. The normalized spacial score (nSPS) is 10.9. The highest BCUT2D eigenvalue weighted by Crippen LogP contribution is 2.28. The molecule has 0 atom stereocenters. The molecule has 3 aromatic rings. The van der Waals surface area contributed by atoms with Crippen LogP contribution in [0.3, 0.4) is 0 Å². The van der Waals surface area contributed by atoms with Crippen LogP contribution >= 0.6 is 11.8 Å². The fourth-order valence-corrected chi connectivity index (χ4v) is 3.92. The van der Waals surface area contributed by atoms with Gasteiger partial charge < -0.3 is 14.1 Å². The molecule has 8 nitrogen and oxygen atoms in total. The van der Waals surface area contributed by atoms with E-state index in [4.69, 9.17) is 9.15 Å². The van der Waals surface area contributed by atoms with E-state index in [1.165, 1.54) is 18.9 Å². The van der Waals surface area contributed by atoms with E-state index in [1.807, 2.05) is 17.6 Å². The van der Waals surface area contributed by atoms with Crippen LogP contribution in [0.2, 0.25) is 0 Å².